The van der Waals surface area contributed by atoms with E-state index in [-0.39, 0.29) is 5.56 Å². The van der Waals surface area contributed by atoms with Gasteiger partial charge < -0.3 is 5.73 Å². The molecule has 3 aromatic rings. The second-order valence-corrected chi connectivity index (χ2v) is 5.17. The highest BCUT2D eigenvalue weighted by Crippen LogP contribution is 2.16. The average molecular weight is 278 g/mol. The fourth-order valence-electron chi connectivity index (χ4n) is 2.71. The normalized spacial score (nSPS) is 10.9. The van der Waals surface area contributed by atoms with Gasteiger partial charge in [0, 0.05) is 5.39 Å². The molecule has 3 heteroatoms. The summed E-state index contributed by atoms with van der Waals surface area (Å²) >= 11 is 0. The van der Waals surface area contributed by atoms with Crippen molar-refractivity contribution < 1.29 is 0 Å². The lowest BCUT2D eigenvalue weighted by molar-refractivity contribution is 0.771. The number of benzene rings is 2. The number of fused-ring (bicyclic) bond motifs is 1. The van der Waals surface area contributed by atoms with Gasteiger partial charge >= 0.3 is 0 Å². The first-order valence-corrected chi connectivity index (χ1v) is 7.15. The van der Waals surface area contributed by atoms with Crippen molar-refractivity contribution in [2.45, 2.75) is 19.9 Å². The Morgan fingerprint density at radius 3 is 2.43 bits per heavy atom. The lowest BCUT2D eigenvalue weighted by Crippen LogP contribution is -2.24. The maximum Gasteiger partial charge on any atom is 0.260 e. The zero-order chi connectivity index (χ0) is 14.8. The van der Waals surface area contributed by atoms with Crippen LogP contribution >= 0.6 is 0 Å². The molecule has 0 atom stereocenters. The molecule has 0 aliphatic rings. The SMILES string of the molecule is CCc1ccccc1Cn1c(N)cc2ccccc2c1=O. The van der Waals surface area contributed by atoms with E-state index in [4.69, 9.17) is 5.73 Å². The summed E-state index contributed by atoms with van der Waals surface area (Å²) in [6.45, 7) is 2.63. The van der Waals surface area contributed by atoms with Gasteiger partial charge in [-0.3, -0.25) is 9.36 Å². The number of aryl methyl sites for hydroxylation is 1. The number of hydrogen-bond donors (Lipinski definition) is 1. The van der Waals surface area contributed by atoms with Crippen LogP contribution in [0.5, 0.6) is 0 Å². The van der Waals surface area contributed by atoms with Gasteiger partial charge in [-0.05, 0) is 35.1 Å². The number of nitrogens with two attached hydrogens (primary N) is 1. The minimum atomic E-state index is -0.0310. The molecule has 1 aromatic heterocycles. The molecule has 3 rings (SSSR count). The van der Waals surface area contributed by atoms with Gasteiger partial charge in [-0.2, -0.15) is 0 Å². The summed E-state index contributed by atoms with van der Waals surface area (Å²) in [6, 6.07) is 17.6. The number of anilines is 1. The summed E-state index contributed by atoms with van der Waals surface area (Å²) in [5, 5.41) is 1.60. The van der Waals surface area contributed by atoms with Crippen LogP contribution in [-0.2, 0) is 13.0 Å². The molecular formula is C18H18N2O. The van der Waals surface area contributed by atoms with E-state index in [1.807, 2.05) is 42.5 Å². The van der Waals surface area contributed by atoms with Crippen LogP contribution in [0.4, 0.5) is 5.82 Å². The van der Waals surface area contributed by atoms with Crippen molar-refractivity contribution in [2.24, 2.45) is 0 Å². The van der Waals surface area contributed by atoms with Crippen molar-refractivity contribution in [1.82, 2.24) is 4.57 Å². The maximum atomic E-state index is 12.6. The predicted octanol–water partition coefficient (Wildman–Crippen LogP) is 3.19. The predicted molar refractivity (Wildman–Crippen MR) is 87.5 cm³/mol. The van der Waals surface area contributed by atoms with Crippen molar-refractivity contribution in [3.63, 3.8) is 0 Å². The van der Waals surface area contributed by atoms with Gasteiger partial charge in [-0.1, -0.05) is 49.4 Å². The third kappa shape index (κ3) is 2.42. The summed E-state index contributed by atoms with van der Waals surface area (Å²) < 4.78 is 1.65. The third-order valence-electron chi connectivity index (χ3n) is 3.88. The van der Waals surface area contributed by atoms with Crippen molar-refractivity contribution in [3.05, 3.63) is 76.1 Å². The lowest BCUT2D eigenvalue weighted by atomic mass is 10.0. The minimum absolute atomic E-state index is 0.0310. The van der Waals surface area contributed by atoms with Crippen LogP contribution in [0, 0.1) is 0 Å². The van der Waals surface area contributed by atoms with Crippen molar-refractivity contribution in [1.29, 1.82) is 0 Å². The zero-order valence-electron chi connectivity index (χ0n) is 12.0. The molecule has 0 saturated heterocycles. The highest BCUT2D eigenvalue weighted by atomic mass is 16.1. The Kier molecular flexibility index (Phi) is 3.48. The summed E-state index contributed by atoms with van der Waals surface area (Å²) in [6.07, 6.45) is 0.943. The molecular weight excluding hydrogens is 260 g/mol. The lowest BCUT2D eigenvalue weighted by Gasteiger charge is -2.13. The average Bonchev–Trinajstić information content (AvgIpc) is 2.52. The Labute approximate surface area is 123 Å². The highest BCUT2D eigenvalue weighted by Gasteiger charge is 2.09. The Morgan fingerprint density at radius 2 is 1.67 bits per heavy atom. The topological polar surface area (TPSA) is 48.0 Å². The Hall–Kier alpha value is -2.55. The molecule has 0 aliphatic carbocycles. The molecule has 0 saturated carbocycles. The monoisotopic (exact) mass is 278 g/mol. The van der Waals surface area contributed by atoms with E-state index < -0.39 is 0 Å². The highest BCUT2D eigenvalue weighted by molar-refractivity contribution is 5.83. The quantitative estimate of drug-likeness (QED) is 0.799. The van der Waals surface area contributed by atoms with Crippen LogP contribution in [0.1, 0.15) is 18.1 Å². The second-order valence-electron chi connectivity index (χ2n) is 5.17. The van der Waals surface area contributed by atoms with Crippen molar-refractivity contribution >= 4 is 16.6 Å². The number of pyridine rings is 1. The molecule has 0 fully saturated rings. The van der Waals surface area contributed by atoms with Crippen molar-refractivity contribution in [2.75, 3.05) is 5.73 Å². The molecule has 0 aliphatic heterocycles. The van der Waals surface area contributed by atoms with Crippen LogP contribution in [0.25, 0.3) is 10.8 Å². The number of nitrogens with zero attached hydrogens (tertiary/aromatic N) is 1. The Morgan fingerprint density at radius 1 is 1.00 bits per heavy atom. The number of aromatic nitrogens is 1. The van der Waals surface area contributed by atoms with Crippen molar-refractivity contribution in [3.8, 4) is 0 Å². The van der Waals surface area contributed by atoms with Gasteiger partial charge in [0.15, 0.2) is 0 Å². The Bertz CT molecular complexity index is 849. The minimum Gasteiger partial charge on any atom is -0.385 e. The summed E-state index contributed by atoms with van der Waals surface area (Å²) in [4.78, 5) is 12.6. The van der Waals surface area contributed by atoms with E-state index in [0.29, 0.717) is 17.7 Å². The molecule has 0 bridgehead atoms. The molecule has 1 heterocycles. The summed E-state index contributed by atoms with van der Waals surface area (Å²) in [7, 11) is 0. The first-order valence-electron chi connectivity index (χ1n) is 7.15. The standard InChI is InChI=1S/C18H18N2O/c1-2-13-7-3-4-9-15(13)12-20-17(19)11-14-8-5-6-10-16(14)18(20)21/h3-11H,2,12,19H2,1H3. The van der Waals surface area contributed by atoms with Crippen LogP contribution in [0.3, 0.4) is 0 Å². The van der Waals surface area contributed by atoms with Gasteiger partial charge in [0.25, 0.3) is 5.56 Å². The molecule has 2 N–H and O–H groups in total. The zero-order valence-corrected chi connectivity index (χ0v) is 12.0. The van der Waals surface area contributed by atoms with E-state index >= 15 is 0 Å². The Balaban J connectivity index is 2.15. The smallest absolute Gasteiger partial charge is 0.260 e. The second kappa shape index (κ2) is 5.44. The first-order chi connectivity index (χ1) is 10.2. The maximum absolute atomic E-state index is 12.6. The summed E-state index contributed by atoms with van der Waals surface area (Å²) in [5.74, 6) is 0.504. The molecule has 106 valence electrons. The van der Waals surface area contributed by atoms with Gasteiger partial charge in [0.1, 0.15) is 5.82 Å². The number of rotatable bonds is 3. The van der Waals surface area contributed by atoms with Crippen LogP contribution in [-0.4, -0.2) is 4.57 Å². The van der Waals surface area contributed by atoms with E-state index in [0.717, 1.165) is 17.4 Å². The third-order valence-corrected chi connectivity index (χ3v) is 3.88. The molecule has 21 heavy (non-hydrogen) atoms. The fraction of sp³-hybridized carbons (Fsp3) is 0.167. The van der Waals surface area contributed by atoms with Gasteiger partial charge in [0.2, 0.25) is 0 Å². The van der Waals surface area contributed by atoms with Gasteiger partial charge in [-0.15, -0.1) is 0 Å². The van der Waals surface area contributed by atoms with Crippen LogP contribution in [0.2, 0.25) is 0 Å². The number of hydrogen-bond acceptors (Lipinski definition) is 2. The summed E-state index contributed by atoms with van der Waals surface area (Å²) in [5.41, 5.74) is 8.45. The van der Waals surface area contributed by atoms with Crippen LogP contribution in [0.15, 0.2) is 59.4 Å². The molecule has 3 nitrogen and oxygen atoms in total. The molecule has 0 radical (unpaired) electrons. The first kappa shape index (κ1) is 13.4. The number of nitrogen functional groups attached to an aromatic ring is 1. The molecule has 0 unspecified atom stereocenters. The van der Waals surface area contributed by atoms with Gasteiger partial charge in [-0.25, -0.2) is 0 Å². The van der Waals surface area contributed by atoms with E-state index in [1.54, 1.807) is 4.57 Å². The molecule has 0 spiro atoms. The molecule has 2 aromatic carbocycles. The van der Waals surface area contributed by atoms with Crippen LogP contribution < -0.4 is 11.3 Å². The molecule has 0 amide bonds. The largest absolute Gasteiger partial charge is 0.385 e. The van der Waals surface area contributed by atoms with E-state index in [1.165, 1.54) is 5.56 Å². The van der Waals surface area contributed by atoms with Gasteiger partial charge in [0.05, 0.1) is 6.54 Å². The van der Waals surface area contributed by atoms with E-state index in [9.17, 15) is 4.79 Å². The van der Waals surface area contributed by atoms with E-state index in [2.05, 4.69) is 19.1 Å². The fourth-order valence-corrected chi connectivity index (χ4v) is 2.71.